The fourth-order valence-electron chi connectivity index (χ4n) is 4.83. The van der Waals surface area contributed by atoms with Gasteiger partial charge < -0.3 is 18.9 Å². The van der Waals surface area contributed by atoms with E-state index < -0.39 is 35.5 Å². The number of carbonyl (C=O) groups excluding carboxylic acids is 4. The van der Waals surface area contributed by atoms with E-state index >= 15 is 0 Å². The van der Waals surface area contributed by atoms with Crippen molar-refractivity contribution < 1.29 is 38.1 Å². The molecule has 0 unspecified atom stereocenters. The minimum atomic E-state index is -0.814. The molecular weight excluding hydrogens is 618 g/mol. The van der Waals surface area contributed by atoms with Crippen molar-refractivity contribution in [1.29, 1.82) is 0 Å². The molecule has 0 spiro atoms. The first-order chi connectivity index (χ1) is 22.6. The molecule has 0 heterocycles. The van der Waals surface area contributed by atoms with Crippen molar-refractivity contribution in [1.82, 2.24) is 21.1 Å². The Morgan fingerprint density at radius 3 is 1.83 bits per heavy atom. The Hall–Kier alpha value is -4.65. The van der Waals surface area contributed by atoms with E-state index in [1.54, 1.807) is 41.5 Å². The lowest BCUT2D eigenvalue weighted by molar-refractivity contribution is -0.145. The molecule has 0 aromatic heterocycles. The van der Waals surface area contributed by atoms with Gasteiger partial charge in [-0.05, 0) is 76.6 Å². The molecule has 1 aliphatic carbocycles. The molecule has 3 amide bonds. The summed E-state index contributed by atoms with van der Waals surface area (Å²) in [5.41, 5.74) is 5.48. The third kappa shape index (κ3) is 12.9. The fourth-order valence-corrected chi connectivity index (χ4v) is 4.83. The summed E-state index contributed by atoms with van der Waals surface area (Å²) in [5.74, 6) is -0.809. The molecule has 13 nitrogen and oxygen atoms in total. The first-order valence-corrected chi connectivity index (χ1v) is 16.2. The number of guanidine groups is 1. The van der Waals surface area contributed by atoms with Gasteiger partial charge in [0.1, 0.15) is 24.4 Å². The second-order valence-corrected chi connectivity index (χ2v) is 13.3. The quantitative estimate of drug-likeness (QED) is 0.0628. The summed E-state index contributed by atoms with van der Waals surface area (Å²) in [6.45, 7) is 12.6. The highest BCUT2D eigenvalue weighted by Crippen LogP contribution is 2.44. The van der Waals surface area contributed by atoms with Crippen LogP contribution in [-0.2, 0) is 23.7 Å². The predicted octanol–water partition coefficient (Wildman–Crippen LogP) is 5.88. The van der Waals surface area contributed by atoms with Gasteiger partial charge in [-0.2, -0.15) is 0 Å². The standard InChI is InChI=1S/C35H49N5O8/c1-8-9-21-45-29(41)22-40(20-14-19-36-30(37-31(42)47-34(2,3)4)38-32(43)48-35(5,6)7)39-33(44)46-23-28-26-17-12-10-15-24(26)25-16-11-13-18-27(25)28/h10-13,15-18,28H,8-9,14,19-23H2,1-7H3,(H,39,44)(H2,36,37,38,42,43). The Balaban J connectivity index is 1.65. The van der Waals surface area contributed by atoms with Gasteiger partial charge in [-0.1, -0.05) is 61.9 Å². The van der Waals surface area contributed by atoms with Gasteiger partial charge in [0.15, 0.2) is 0 Å². The molecule has 13 heteroatoms. The Morgan fingerprint density at radius 2 is 1.31 bits per heavy atom. The van der Waals surface area contributed by atoms with Crippen molar-refractivity contribution in [3.05, 3.63) is 59.7 Å². The number of ether oxygens (including phenoxy) is 4. The van der Waals surface area contributed by atoms with Crippen LogP contribution in [0.3, 0.4) is 0 Å². The van der Waals surface area contributed by atoms with E-state index in [0.717, 1.165) is 35.1 Å². The van der Waals surface area contributed by atoms with Gasteiger partial charge in [-0.25, -0.2) is 19.4 Å². The van der Waals surface area contributed by atoms with Gasteiger partial charge in [-0.3, -0.25) is 25.8 Å². The van der Waals surface area contributed by atoms with Crippen LogP contribution >= 0.6 is 0 Å². The summed E-state index contributed by atoms with van der Waals surface area (Å²) in [6, 6.07) is 16.1. The van der Waals surface area contributed by atoms with Crippen molar-refractivity contribution in [2.45, 2.75) is 84.8 Å². The number of hydrazine groups is 1. The van der Waals surface area contributed by atoms with Crippen LogP contribution in [0.4, 0.5) is 14.4 Å². The van der Waals surface area contributed by atoms with Gasteiger partial charge in [0.05, 0.1) is 6.61 Å². The number of rotatable bonds is 12. The van der Waals surface area contributed by atoms with Crippen LogP contribution < -0.4 is 16.1 Å². The van der Waals surface area contributed by atoms with Crippen molar-refractivity contribution in [2.75, 3.05) is 32.8 Å². The molecule has 3 rings (SSSR count). The number of hydrogen-bond donors (Lipinski definition) is 3. The van der Waals surface area contributed by atoms with E-state index in [0.29, 0.717) is 6.42 Å². The zero-order valence-electron chi connectivity index (χ0n) is 29.0. The van der Waals surface area contributed by atoms with E-state index in [4.69, 9.17) is 18.9 Å². The lowest BCUT2D eigenvalue weighted by Gasteiger charge is -2.23. The highest BCUT2D eigenvalue weighted by molar-refractivity contribution is 6.01. The number of alkyl carbamates (subject to hydrolysis) is 2. The predicted molar refractivity (Wildman–Crippen MR) is 181 cm³/mol. The number of fused-ring (bicyclic) bond motifs is 3. The lowest BCUT2D eigenvalue weighted by atomic mass is 9.98. The summed E-state index contributed by atoms with van der Waals surface area (Å²) in [5, 5.41) is 6.25. The molecule has 0 atom stereocenters. The largest absolute Gasteiger partial charge is 0.465 e. The molecule has 0 radical (unpaired) electrons. The number of benzene rings is 2. The van der Waals surface area contributed by atoms with Gasteiger partial charge in [0.25, 0.3) is 0 Å². The number of aliphatic imine (C=N–C) groups is 1. The first-order valence-electron chi connectivity index (χ1n) is 16.2. The van der Waals surface area contributed by atoms with Crippen LogP contribution in [0.15, 0.2) is 53.5 Å². The van der Waals surface area contributed by atoms with Crippen LogP contribution in [0.2, 0.25) is 0 Å². The van der Waals surface area contributed by atoms with Crippen molar-refractivity contribution in [2.24, 2.45) is 4.99 Å². The molecule has 262 valence electrons. The molecule has 0 aliphatic heterocycles. The average Bonchev–Trinajstić information content (AvgIpc) is 3.30. The number of hydrogen-bond acceptors (Lipinski definition) is 10. The topological polar surface area (TPSA) is 157 Å². The first kappa shape index (κ1) is 37.8. The maximum absolute atomic E-state index is 13.0. The number of nitrogens with one attached hydrogen (secondary N) is 3. The van der Waals surface area contributed by atoms with Crippen LogP contribution in [0, 0.1) is 0 Å². The molecule has 48 heavy (non-hydrogen) atoms. The van der Waals surface area contributed by atoms with Crippen LogP contribution in [0.25, 0.3) is 11.1 Å². The number of unbranched alkanes of at least 4 members (excludes halogenated alkanes) is 1. The normalized spacial score (nSPS) is 12.3. The van der Waals surface area contributed by atoms with Gasteiger partial charge in [0.2, 0.25) is 5.96 Å². The summed E-state index contributed by atoms with van der Waals surface area (Å²) >= 11 is 0. The van der Waals surface area contributed by atoms with Gasteiger partial charge in [0, 0.05) is 19.0 Å². The van der Waals surface area contributed by atoms with E-state index in [1.165, 1.54) is 5.01 Å². The second-order valence-electron chi connectivity index (χ2n) is 13.3. The minimum Gasteiger partial charge on any atom is -0.465 e. The number of esters is 1. The van der Waals surface area contributed by atoms with E-state index in [9.17, 15) is 19.2 Å². The summed E-state index contributed by atoms with van der Waals surface area (Å²) in [7, 11) is 0. The SMILES string of the molecule is CCCCOC(=O)CN(CCCN=C(NC(=O)OC(C)(C)C)NC(=O)OC(C)(C)C)NC(=O)OCC1c2ccccc2-c2ccccc21. The smallest absolute Gasteiger partial charge is 0.421 e. The van der Waals surface area contributed by atoms with Gasteiger partial charge in [-0.15, -0.1) is 0 Å². The number of amides is 3. The molecule has 0 saturated heterocycles. The molecule has 2 aromatic carbocycles. The Bertz CT molecular complexity index is 1370. The molecule has 2 aromatic rings. The maximum Gasteiger partial charge on any atom is 0.421 e. The Labute approximate surface area is 282 Å². The number of nitrogens with zero attached hydrogens (tertiary/aromatic N) is 2. The van der Waals surface area contributed by atoms with Crippen LogP contribution in [0.1, 0.15) is 84.8 Å². The van der Waals surface area contributed by atoms with E-state index in [1.807, 2.05) is 43.3 Å². The monoisotopic (exact) mass is 667 g/mol. The molecule has 1 aliphatic rings. The van der Waals surface area contributed by atoms with Crippen LogP contribution in [0.5, 0.6) is 0 Å². The summed E-state index contributed by atoms with van der Waals surface area (Å²) < 4.78 is 21.5. The fraction of sp³-hybridized carbons (Fsp3) is 0.514. The molecule has 0 fully saturated rings. The Kier molecular flexibility index (Phi) is 13.8. The third-order valence-electron chi connectivity index (χ3n) is 6.77. The highest BCUT2D eigenvalue weighted by atomic mass is 16.6. The zero-order chi connectivity index (χ0) is 35.3. The summed E-state index contributed by atoms with van der Waals surface area (Å²) in [6.07, 6.45) is -0.457. The van der Waals surface area contributed by atoms with E-state index in [2.05, 4.69) is 33.2 Å². The van der Waals surface area contributed by atoms with Crippen molar-refractivity contribution in [3.8, 4) is 11.1 Å². The van der Waals surface area contributed by atoms with Crippen molar-refractivity contribution in [3.63, 3.8) is 0 Å². The molecule has 3 N–H and O–H groups in total. The number of carbonyl (C=O) groups is 4. The average molecular weight is 668 g/mol. The van der Waals surface area contributed by atoms with Crippen molar-refractivity contribution >= 4 is 30.2 Å². The molecular formula is C35H49N5O8. The molecule has 0 saturated carbocycles. The van der Waals surface area contributed by atoms with Gasteiger partial charge >= 0.3 is 24.2 Å². The van der Waals surface area contributed by atoms with E-state index in [-0.39, 0.29) is 44.7 Å². The summed E-state index contributed by atoms with van der Waals surface area (Å²) in [4.78, 5) is 54.6. The highest BCUT2D eigenvalue weighted by Gasteiger charge is 2.29. The lowest BCUT2D eigenvalue weighted by Crippen LogP contribution is -2.47. The minimum absolute atomic E-state index is 0.0919. The second kappa shape index (κ2) is 17.5. The molecule has 0 bridgehead atoms. The zero-order valence-corrected chi connectivity index (χ0v) is 29.0. The van der Waals surface area contributed by atoms with Crippen LogP contribution in [-0.4, -0.2) is 79.3 Å². The third-order valence-corrected chi connectivity index (χ3v) is 6.77. The maximum atomic E-state index is 13.0. The Morgan fingerprint density at radius 1 is 0.771 bits per heavy atom.